The number of fused-ring (bicyclic) bond motifs is 1. The van der Waals surface area contributed by atoms with Gasteiger partial charge in [-0.3, -0.25) is 9.78 Å². The first-order valence-corrected chi connectivity index (χ1v) is 8.18. The van der Waals surface area contributed by atoms with Crippen LogP contribution in [0.3, 0.4) is 0 Å². The highest BCUT2D eigenvalue weighted by Crippen LogP contribution is 2.32. The number of carbonyl (C=O) groups is 1. The molecule has 1 aliphatic carbocycles. The van der Waals surface area contributed by atoms with Gasteiger partial charge in [0.1, 0.15) is 5.01 Å². The molecule has 0 radical (unpaired) electrons. The Hall–Kier alpha value is -2.33. The number of hydrogen-bond donors (Lipinski definition) is 0. The Morgan fingerprint density at radius 2 is 1.86 bits per heavy atom. The molecule has 0 saturated heterocycles. The number of nitrogens with zero attached hydrogens (tertiary/aromatic N) is 2. The van der Waals surface area contributed by atoms with Crippen LogP contribution in [0.15, 0.2) is 48.7 Å². The number of aromatic nitrogens is 2. The number of benzene rings is 1. The van der Waals surface area contributed by atoms with E-state index in [1.54, 1.807) is 11.3 Å². The van der Waals surface area contributed by atoms with Crippen LogP contribution in [0.5, 0.6) is 0 Å². The Bertz CT molecular complexity index is 839. The van der Waals surface area contributed by atoms with E-state index in [9.17, 15) is 4.79 Å². The standard InChI is InChI=1S/C18H14N2OS/c21-16-8-4-7-14-13(16)9-10-15(20-14)17-11-19-18(22-17)12-5-2-1-3-6-12/h1-3,5-6,9-11H,4,7-8H2. The first kappa shape index (κ1) is 13.3. The first-order chi connectivity index (χ1) is 10.8. The highest BCUT2D eigenvalue weighted by molar-refractivity contribution is 7.18. The number of aryl methyl sites for hydroxylation is 1. The molecule has 0 fully saturated rings. The second-order valence-corrected chi connectivity index (χ2v) is 6.39. The van der Waals surface area contributed by atoms with Crippen molar-refractivity contribution in [2.75, 3.05) is 0 Å². The molecular weight excluding hydrogens is 292 g/mol. The smallest absolute Gasteiger partial charge is 0.164 e. The molecule has 0 unspecified atom stereocenters. The average molecular weight is 306 g/mol. The Kier molecular flexibility index (Phi) is 3.31. The number of rotatable bonds is 2. The molecule has 3 aromatic rings. The van der Waals surface area contributed by atoms with Gasteiger partial charge in [0.2, 0.25) is 0 Å². The highest BCUT2D eigenvalue weighted by Gasteiger charge is 2.19. The van der Waals surface area contributed by atoms with Crippen LogP contribution in [-0.2, 0) is 6.42 Å². The molecule has 4 heteroatoms. The largest absolute Gasteiger partial charge is 0.294 e. The maximum Gasteiger partial charge on any atom is 0.164 e. The van der Waals surface area contributed by atoms with Crippen LogP contribution in [0, 0.1) is 0 Å². The lowest BCUT2D eigenvalue weighted by molar-refractivity contribution is 0.0971. The van der Waals surface area contributed by atoms with Crippen molar-refractivity contribution in [3.63, 3.8) is 0 Å². The fraction of sp³-hybridized carbons (Fsp3) is 0.167. The first-order valence-electron chi connectivity index (χ1n) is 7.36. The van der Waals surface area contributed by atoms with Crippen molar-refractivity contribution in [2.24, 2.45) is 0 Å². The quantitative estimate of drug-likeness (QED) is 0.705. The maximum absolute atomic E-state index is 11.9. The molecule has 0 atom stereocenters. The lowest BCUT2D eigenvalue weighted by Crippen LogP contribution is -2.12. The van der Waals surface area contributed by atoms with Gasteiger partial charge in [0.05, 0.1) is 16.3 Å². The van der Waals surface area contributed by atoms with E-state index in [-0.39, 0.29) is 5.78 Å². The van der Waals surface area contributed by atoms with Crippen LogP contribution in [-0.4, -0.2) is 15.8 Å². The predicted octanol–water partition coefficient (Wildman–Crippen LogP) is 4.39. The summed E-state index contributed by atoms with van der Waals surface area (Å²) in [4.78, 5) is 22.1. The Balaban J connectivity index is 1.71. The zero-order valence-corrected chi connectivity index (χ0v) is 12.8. The van der Waals surface area contributed by atoms with E-state index in [4.69, 9.17) is 4.98 Å². The molecule has 0 aliphatic heterocycles. The molecule has 4 rings (SSSR count). The summed E-state index contributed by atoms with van der Waals surface area (Å²) in [5.41, 5.74) is 3.76. The lowest BCUT2D eigenvalue weighted by Gasteiger charge is -2.13. The average Bonchev–Trinajstić information content (AvgIpc) is 3.06. The summed E-state index contributed by atoms with van der Waals surface area (Å²) in [5.74, 6) is 0.217. The van der Waals surface area contributed by atoms with Gasteiger partial charge in [-0.2, -0.15) is 0 Å². The predicted molar refractivity (Wildman–Crippen MR) is 88.0 cm³/mol. The SMILES string of the molecule is O=C1CCCc2nc(-c3cnc(-c4ccccc4)s3)ccc21. The van der Waals surface area contributed by atoms with E-state index >= 15 is 0 Å². The Morgan fingerprint density at radius 1 is 1.00 bits per heavy atom. The third-order valence-corrected chi connectivity index (χ3v) is 4.94. The molecule has 22 heavy (non-hydrogen) atoms. The molecule has 1 aromatic carbocycles. The Labute approximate surface area is 132 Å². The number of carbonyl (C=O) groups excluding carboxylic acids is 1. The van der Waals surface area contributed by atoms with Crippen LogP contribution < -0.4 is 0 Å². The fourth-order valence-corrected chi connectivity index (χ4v) is 3.63. The molecule has 2 heterocycles. The van der Waals surface area contributed by atoms with E-state index < -0.39 is 0 Å². The van der Waals surface area contributed by atoms with Crippen molar-refractivity contribution in [1.82, 2.24) is 9.97 Å². The monoisotopic (exact) mass is 306 g/mol. The highest BCUT2D eigenvalue weighted by atomic mass is 32.1. The van der Waals surface area contributed by atoms with Crippen LogP contribution in [0.2, 0.25) is 0 Å². The van der Waals surface area contributed by atoms with Gasteiger partial charge in [-0.1, -0.05) is 30.3 Å². The molecule has 0 bridgehead atoms. The van der Waals surface area contributed by atoms with E-state index in [1.807, 2.05) is 36.5 Å². The van der Waals surface area contributed by atoms with Crippen LogP contribution in [0.25, 0.3) is 21.1 Å². The normalized spacial score (nSPS) is 13.9. The summed E-state index contributed by atoms with van der Waals surface area (Å²) in [6.07, 6.45) is 4.30. The molecule has 0 spiro atoms. The van der Waals surface area contributed by atoms with Crippen molar-refractivity contribution >= 4 is 17.1 Å². The van der Waals surface area contributed by atoms with Gasteiger partial charge in [-0.15, -0.1) is 11.3 Å². The van der Waals surface area contributed by atoms with Crippen molar-refractivity contribution in [2.45, 2.75) is 19.3 Å². The topological polar surface area (TPSA) is 42.9 Å². The molecule has 0 N–H and O–H groups in total. The summed E-state index contributed by atoms with van der Waals surface area (Å²) >= 11 is 1.63. The molecular formula is C18H14N2OS. The molecule has 3 nitrogen and oxygen atoms in total. The molecule has 108 valence electrons. The minimum absolute atomic E-state index is 0.217. The number of thiazole rings is 1. The van der Waals surface area contributed by atoms with Crippen molar-refractivity contribution in [1.29, 1.82) is 0 Å². The fourth-order valence-electron chi connectivity index (χ4n) is 2.74. The summed E-state index contributed by atoms with van der Waals surface area (Å²) < 4.78 is 0. The summed E-state index contributed by atoms with van der Waals surface area (Å²) in [7, 11) is 0. The van der Waals surface area contributed by atoms with E-state index in [0.717, 1.165) is 45.2 Å². The zero-order valence-electron chi connectivity index (χ0n) is 12.0. The second kappa shape index (κ2) is 5.46. The minimum Gasteiger partial charge on any atom is -0.294 e. The van der Waals surface area contributed by atoms with Crippen molar-refractivity contribution in [3.05, 3.63) is 59.9 Å². The number of ketones is 1. The summed E-state index contributed by atoms with van der Waals surface area (Å²) in [6, 6.07) is 14.0. The maximum atomic E-state index is 11.9. The van der Waals surface area contributed by atoms with E-state index in [1.165, 1.54) is 0 Å². The Morgan fingerprint density at radius 3 is 2.73 bits per heavy atom. The van der Waals surface area contributed by atoms with Gasteiger partial charge < -0.3 is 0 Å². The molecule has 0 saturated carbocycles. The zero-order chi connectivity index (χ0) is 14.9. The molecule has 2 aromatic heterocycles. The van der Waals surface area contributed by atoms with Crippen LogP contribution in [0.4, 0.5) is 0 Å². The number of Topliss-reactive ketones (excluding diaryl/α,β-unsaturated/α-hetero) is 1. The number of pyridine rings is 1. The number of hydrogen-bond acceptors (Lipinski definition) is 4. The van der Waals surface area contributed by atoms with Gasteiger partial charge in [-0.05, 0) is 25.0 Å². The summed E-state index contributed by atoms with van der Waals surface area (Å²) in [5, 5.41) is 0.992. The van der Waals surface area contributed by atoms with Gasteiger partial charge in [0, 0.05) is 23.7 Å². The van der Waals surface area contributed by atoms with Gasteiger partial charge in [0.15, 0.2) is 5.78 Å². The third kappa shape index (κ3) is 2.35. The van der Waals surface area contributed by atoms with Crippen molar-refractivity contribution < 1.29 is 4.79 Å². The summed E-state index contributed by atoms with van der Waals surface area (Å²) in [6.45, 7) is 0. The van der Waals surface area contributed by atoms with Gasteiger partial charge in [-0.25, -0.2) is 4.98 Å². The third-order valence-electron chi connectivity index (χ3n) is 3.87. The van der Waals surface area contributed by atoms with Gasteiger partial charge >= 0.3 is 0 Å². The van der Waals surface area contributed by atoms with E-state index in [2.05, 4.69) is 17.1 Å². The van der Waals surface area contributed by atoms with Crippen LogP contribution in [0.1, 0.15) is 28.9 Å². The second-order valence-electron chi connectivity index (χ2n) is 5.36. The molecule has 1 aliphatic rings. The van der Waals surface area contributed by atoms with Gasteiger partial charge in [0.25, 0.3) is 0 Å². The minimum atomic E-state index is 0.217. The molecule has 0 amide bonds. The lowest BCUT2D eigenvalue weighted by atomic mass is 9.94. The van der Waals surface area contributed by atoms with E-state index in [0.29, 0.717) is 6.42 Å². The van der Waals surface area contributed by atoms with Crippen LogP contribution >= 0.6 is 11.3 Å². The van der Waals surface area contributed by atoms with Crippen molar-refractivity contribution in [3.8, 4) is 21.1 Å².